The molecule has 3 aromatic heterocycles. The maximum Gasteiger partial charge on any atom is 0.358 e. The molecule has 3 fully saturated rings. The highest BCUT2D eigenvalue weighted by atomic mass is 35.5. The molecule has 0 amide bonds. The number of aliphatic hydroxyl groups excluding tert-OH is 1. The summed E-state index contributed by atoms with van der Waals surface area (Å²) in [7, 11) is 1.37. The molecule has 1 saturated heterocycles. The highest BCUT2D eigenvalue weighted by Crippen LogP contribution is 2.44. The molecule has 40 heavy (non-hydrogen) atoms. The normalized spacial score (nSPS) is 19.5. The Balaban J connectivity index is 0.000000155. The molecule has 1 aliphatic heterocycles. The molecular weight excluding hydrogens is 571 g/mol. The molecule has 2 saturated carbocycles. The minimum atomic E-state index is -0.397. The molecule has 4 heterocycles. The number of methoxy groups -OCH3 is 1. The molecule has 1 N–H and O–H groups in total. The number of hydrogen-bond acceptors (Lipinski definition) is 9. The number of nitrogens with zero attached hydrogens (tertiary/aromatic N) is 4. The van der Waals surface area contributed by atoms with Gasteiger partial charge in [-0.3, -0.25) is 0 Å². The largest absolute Gasteiger partial charge is 0.464 e. The summed E-state index contributed by atoms with van der Waals surface area (Å²) in [6, 6.07) is 9.51. The van der Waals surface area contributed by atoms with Crippen LogP contribution in [0.1, 0.15) is 59.8 Å². The number of aliphatic hydroxyl groups is 1. The van der Waals surface area contributed by atoms with Crippen molar-refractivity contribution in [2.24, 2.45) is 11.8 Å². The van der Waals surface area contributed by atoms with Gasteiger partial charge in [0.05, 0.1) is 23.4 Å². The van der Waals surface area contributed by atoms with Crippen LogP contribution in [0.2, 0.25) is 5.02 Å². The molecule has 8 nitrogen and oxygen atoms in total. The van der Waals surface area contributed by atoms with Gasteiger partial charge in [0.1, 0.15) is 17.3 Å². The van der Waals surface area contributed by atoms with E-state index in [2.05, 4.69) is 37.1 Å². The number of aromatic nitrogens is 3. The van der Waals surface area contributed by atoms with E-state index in [1.807, 2.05) is 24.3 Å². The standard InChI is InChI=1S/C15H17N3O2S.C13H12ClNO2.CH3Cl/c1-20-15(19)14-11-6-16-13(5-12(11)21-17-14)18-7-9-3-2-4-10(9)8-18;14-11-4-2-1-3-9(11)12-10(7-16)13(17-15-12)8-5-6-8;1-2/h5-6,9-10H,2-4,7-8H2,1H3;1-4,8,16H,5-7H2;1H3. The van der Waals surface area contributed by atoms with Gasteiger partial charge in [-0.05, 0) is 55.1 Å². The molecule has 2 atom stereocenters. The van der Waals surface area contributed by atoms with Gasteiger partial charge < -0.3 is 19.3 Å². The van der Waals surface area contributed by atoms with Gasteiger partial charge in [-0.25, -0.2) is 9.78 Å². The second-order valence-electron chi connectivity index (χ2n) is 10.2. The zero-order valence-electron chi connectivity index (χ0n) is 22.5. The smallest absolute Gasteiger partial charge is 0.358 e. The lowest BCUT2D eigenvalue weighted by Crippen LogP contribution is -2.21. The number of alkyl halides is 1. The lowest BCUT2D eigenvalue weighted by Gasteiger charge is -2.18. The van der Waals surface area contributed by atoms with Crippen LogP contribution < -0.4 is 4.90 Å². The SMILES string of the molecule is CCl.COC(=O)c1nsc2cc(N3CC4CCCC4C3)ncc12.OCc1c(-c2ccccc2Cl)noc1C1CC1. The van der Waals surface area contributed by atoms with Crippen molar-refractivity contribution in [2.45, 2.75) is 44.6 Å². The van der Waals surface area contributed by atoms with E-state index in [1.165, 1.54) is 44.3 Å². The van der Waals surface area contributed by atoms with Gasteiger partial charge in [0.25, 0.3) is 0 Å². The van der Waals surface area contributed by atoms with Crippen molar-refractivity contribution >= 4 is 56.6 Å². The van der Waals surface area contributed by atoms with E-state index in [-0.39, 0.29) is 6.61 Å². The Labute approximate surface area is 247 Å². The minimum absolute atomic E-state index is 0.0596. The first-order valence-corrected chi connectivity index (χ1v) is 15.3. The predicted octanol–water partition coefficient (Wildman–Crippen LogP) is 6.93. The fourth-order valence-electron chi connectivity index (χ4n) is 5.67. The number of hydrogen-bond donors (Lipinski definition) is 1. The van der Waals surface area contributed by atoms with Crippen molar-refractivity contribution < 1.29 is 19.2 Å². The molecule has 2 aliphatic carbocycles. The number of benzene rings is 1. The first kappa shape index (κ1) is 28.8. The van der Waals surface area contributed by atoms with Gasteiger partial charge in [0, 0.05) is 54.2 Å². The van der Waals surface area contributed by atoms with Crippen molar-refractivity contribution in [3.05, 3.63) is 58.6 Å². The number of rotatable bonds is 5. The third-order valence-electron chi connectivity index (χ3n) is 7.82. The molecule has 2 unspecified atom stereocenters. The first-order valence-electron chi connectivity index (χ1n) is 13.4. The van der Waals surface area contributed by atoms with E-state index in [0.717, 1.165) is 70.6 Å². The van der Waals surface area contributed by atoms with Gasteiger partial charge in [0.15, 0.2) is 5.69 Å². The monoisotopic (exact) mass is 602 g/mol. The summed E-state index contributed by atoms with van der Waals surface area (Å²) in [5.74, 6) is 3.55. The fraction of sp³-hybridized carbons (Fsp3) is 0.448. The Morgan fingerprint density at radius 1 is 1.18 bits per heavy atom. The molecule has 0 spiro atoms. The third kappa shape index (κ3) is 5.84. The lowest BCUT2D eigenvalue weighted by atomic mass is 10.0. The highest BCUT2D eigenvalue weighted by Gasteiger charge is 2.36. The number of pyridine rings is 1. The average Bonchev–Trinajstić information content (AvgIpc) is 3.31. The molecule has 4 aromatic rings. The van der Waals surface area contributed by atoms with Crippen LogP contribution in [-0.4, -0.2) is 52.2 Å². The van der Waals surface area contributed by atoms with Gasteiger partial charge in [0.2, 0.25) is 0 Å². The molecule has 0 radical (unpaired) electrons. The minimum Gasteiger partial charge on any atom is -0.464 e. The Bertz CT molecular complexity index is 1460. The average molecular weight is 604 g/mol. The number of halogens is 2. The molecule has 1 aromatic carbocycles. The van der Waals surface area contributed by atoms with Gasteiger partial charge >= 0.3 is 5.97 Å². The predicted molar refractivity (Wildman–Crippen MR) is 158 cm³/mol. The summed E-state index contributed by atoms with van der Waals surface area (Å²) in [6.07, 6.45) is 9.56. The van der Waals surface area contributed by atoms with E-state index in [9.17, 15) is 9.90 Å². The number of carbonyl (C=O) groups excluding carboxylic acids is 1. The maximum atomic E-state index is 11.6. The summed E-state index contributed by atoms with van der Waals surface area (Å²) >= 11 is 12.1. The highest BCUT2D eigenvalue weighted by molar-refractivity contribution is 7.13. The quantitative estimate of drug-likeness (QED) is 0.194. The summed E-state index contributed by atoms with van der Waals surface area (Å²) in [5.41, 5.74) is 2.63. The van der Waals surface area contributed by atoms with Gasteiger partial charge in [-0.15, -0.1) is 11.6 Å². The van der Waals surface area contributed by atoms with E-state index in [0.29, 0.717) is 22.3 Å². The Hall–Kier alpha value is -2.72. The summed E-state index contributed by atoms with van der Waals surface area (Å²) in [6.45, 7) is 2.17. The van der Waals surface area contributed by atoms with Crippen LogP contribution in [0.25, 0.3) is 21.3 Å². The van der Waals surface area contributed by atoms with Crippen molar-refractivity contribution in [1.82, 2.24) is 14.5 Å². The second kappa shape index (κ2) is 12.9. The number of fused-ring (bicyclic) bond motifs is 2. The molecule has 212 valence electrons. The van der Waals surface area contributed by atoms with Crippen LogP contribution in [0.4, 0.5) is 5.82 Å². The first-order chi connectivity index (χ1) is 19.6. The Kier molecular flexibility index (Phi) is 9.25. The molecule has 7 rings (SSSR count). The zero-order chi connectivity index (χ0) is 28.2. The maximum absolute atomic E-state index is 11.6. The van der Waals surface area contributed by atoms with E-state index >= 15 is 0 Å². The summed E-state index contributed by atoms with van der Waals surface area (Å²) in [5, 5.41) is 14.9. The van der Waals surface area contributed by atoms with Crippen LogP contribution in [-0.2, 0) is 11.3 Å². The summed E-state index contributed by atoms with van der Waals surface area (Å²) < 4.78 is 15.3. The number of esters is 1. The zero-order valence-corrected chi connectivity index (χ0v) is 24.8. The van der Waals surface area contributed by atoms with E-state index < -0.39 is 5.97 Å². The van der Waals surface area contributed by atoms with Gasteiger partial charge in [-0.2, -0.15) is 4.37 Å². The number of ether oxygens (including phenoxy) is 1. The van der Waals surface area contributed by atoms with Gasteiger partial charge in [-0.1, -0.05) is 41.4 Å². The fourth-order valence-corrected chi connectivity index (χ4v) is 6.66. The van der Waals surface area contributed by atoms with Crippen molar-refractivity contribution in [2.75, 3.05) is 31.5 Å². The van der Waals surface area contributed by atoms with Crippen LogP contribution >= 0.6 is 34.7 Å². The molecule has 0 bridgehead atoms. The molecule has 3 aliphatic rings. The van der Waals surface area contributed by atoms with E-state index in [4.69, 9.17) is 20.9 Å². The number of carbonyl (C=O) groups is 1. The van der Waals surface area contributed by atoms with Crippen LogP contribution in [0.3, 0.4) is 0 Å². The molecule has 11 heteroatoms. The summed E-state index contributed by atoms with van der Waals surface area (Å²) in [4.78, 5) is 18.6. The van der Waals surface area contributed by atoms with Crippen molar-refractivity contribution in [3.8, 4) is 11.3 Å². The van der Waals surface area contributed by atoms with Crippen molar-refractivity contribution in [3.63, 3.8) is 0 Å². The van der Waals surface area contributed by atoms with Crippen LogP contribution in [0.5, 0.6) is 0 Å². The second-order valence-corrected chi connectivity index (χ2v) is 11.4. The van der Waals surface area contributed by atoms with Crippen LogP contribution in [0.15, 0.2) is 41.1 Å². The number of anilines is 1. The van der Waals surface area contributed by atoms with E-state index in [1.54, 1.807) is 6.20 Å². The van der Waals surface area contributed by atoms with Crippen LogP contribution in [0, 0.1) is 11.8 Å². The Morgan fingerprint density at radius 3 is 2.55 bits per heavy atom. The Morgan fingerprint density at radius 2 is 1.90 bits per heavy atom. The third-order valence-corrected chi connectivity index (χ3v) is 8.96. The molecular formula is C29H32Cl2N4O4S. The topological polar surface area (TPSA) is 102 Å². The lowest BCUT2D eigenvalue weighted by molar-refractivity contribution is 0.0597. The van der Waals surface area contributed by atoms with Crippen molar-refractivity contribution in [1.29, 1.82) is 0 Å².